The fourth-order valence-electron chi connectivity index (χ4n) is 6.26. The van der Waals surface area contributed by atoms with Crippen molar-refractivity contribution in [3.8, 4) is 0 Å². The van der Waals surface area contributed by atoms with Crippen LogP contribution in [0.25, 0.3) is 0 Å². The van der Waals surface area contributed by atoms with Crippen molar-refractivity contribution < 1.29 is 33.4 Å². The Kier molecular flexibility index (Phi) is 13.3. The number of pyridine rings is 1. The maximum atomic E-state index is 14.3. The molecular formula is C37H50N6O7S. The van der Waals surface area contributed by atoms with Gasteiger partial charge in [-0.2, -0.15) is 4.31 Å². The standard InChI is InChI=1S/C37H50N6O7S/c1-26(2)22-42(51(49,50)31-16-14-28(15-17-31)21-38-48)24-33(45)32(20-27-10-7-6-8-11-27)40-35(46)34(37(3,4)5)43-19-18-41(36(43)47)23-29-12-9-13-30(25-44)39-29/h6-17,21,26,32-34,44-45,48H,18-20,22-25H2,1-5H3,(H,40,46)/t32-,33+,34+/m0/s1. The molecule has 1 fully saturated rings. The monoisotopic (exact) mass is 722 g/mol. The number of aromatic nitrogens is 1. The largest absolute Gasteiger partial charge is 0.411 e. The fourth-order valence-corrected chi connectivity index (χ4v) is 7.88. The van der Waals surface area contributed by atoms with Gasteiger partial charge in [0.05, 0.1) is 47.8 Å². The van der Waals surface area contributed by atoms with Crippen molar-refractivity contribution in [1.82, 2.24) is 24.4 Å². The van der Waals surface area contributed by atoms with E-state index in [1.807, 2.05) is 65.0 Å². The van der Waals surface area contributed by atoms with Gasteiger partial charge in [0.25, 0.3) is 0 Å². The van der Waals surface area contributed by atoms with Gasteiger partial charge in [-0.3, -0.25) is 9.78 Å². The number of hydrogen-bond donors (Lipinski definition) is 4. The average Bonchev–Trinajstić information content (AvgIpc) is 3.42. The first-order valence-electron chi connectivity index (χ1n) is 17.0. The van der Waals surface area contributed by atoms with E-state index < -0.39 is 39.5 Å². The number of benzene rings is 2. The fraction of sp³-hybridized carbons (Fsp3) is 0.459. The molecule has 4 rings (SSSR count). The van der Waals surface area contributed by atoms with E-state index in [1.165, 1.54) is 39.7 Å². The highest BCUT2D eigenvalue weighted by Crippen LogP contribution is 2.29. The summed E-state index contributed by atoms with van der Waals surface area (Å²) < 4.78 is 29.0. The number of sulfonamides is 1. The molecule has 3 aromatic rings. The first-order chi connectivity index (χ1) is 24.1. The molecule has 14 heteroatoms. The van der Waals surface area contributed by atoms with Gasteiger partial charge in [0, 0.05) is 26.2 Å². The molecule has 0 bridgehead atoms. The molecule has 0 saturated carbocycles. The van der Waals surface area contributed by atoms with Crippen LogP contribution in [0.3, 0.4) is 0 Å². The highest BCUT2D eigenvalue weighted by molar-refractivity contribution is 7.89. The summed E-state index contributed by atoms with van der Waals surface area (Å²) in [4.78, 5) is 35.6. The summed E-state index contributed by atoms with van der Waals surface area (Å²) in [6.45, 7) is 9.85. The van der Waals surface area contributed by atoms with Crippen molar-refractivity contribution in [3.05, 3.63) is 95.3 Å². The molecule has 4 N–H and O–H groups in total. The summed E-state index contributed by atoms with van der Waals surface area (Å²) in [5.74, 6) is -0.539. The molecule has 1 aliphatic rings. The summed E-state index contributed by atoms with van der Waals surface area (Å²) in [5.41, 5.74) is 1.76. The van der Waals surface area contributed by atoms with Crippen LogP contribution in [0.1, 0.15) is 57.1 Å². The molecule has 13 nitrogen and oxygen atoms in total. The van der Waals surface area contributed by atoms with Gasteiger partial charge in [-0.15, -0.1) is 0 Å². The number of hydrogen-bond acceptors (Lipinski definition) is 9. The Labute approximate surface area is 300 Å². The Hall–Kier alpha value is -4.37. The third-order valence-electron chi connectivity index (χ3n) is 8.66. The van der Waals surface area contributed by atoms with E-state index >= 15 is 0 Å². The van der Waals surface area contributed by atoms with Gasteiger partial charge in [-0.25, -0.2) is 13.2 Å². The molecule has 0 radical (unpaired) electrons. The zero-order valence-electron chi connectivity index (χ0n) is 29.9. The molecule has 1 aromatic heterocycles. The third kappa shape index (κ3) is 10.3. The molecule has 1 saturated heterocycles. The molecule has 0 unspecified atom stereocenters. The Morgan fingerprint density at radius 3 is 2.27 bits per heavy atom. The molecule has 0 spiro atoms. The van der Waals surface area contributed by atoms with Crippen molar-refractivity contribution in [2.75, 3.05) is 26.2 Å². The van der Waals surface area contributed by atoms with Crippen LogP contribution in [0.15, 0.2) is 82.8 Å². The number of nitrogens with zero attached hydrogens (tertiary/aromatic N) is 5. The first-order valence-corrected chi connectivity index (χ1v) is 18.5. The minimum absolute atomic E-state index is 0.0114. The van der Waals surface area contributed by atoms with Crippen LogP contribution in [0, 0.1) is 11.3 Å². The van der Waals surface area contributed by atoms with Crippen LogP contribution < -0.4 is 5.32 Å². The van der Waals surface area contributed by atoms with Crippen molar-refractivity contribution in [3.63, 3.8) is 0 Å². The van der Waals surface area contributed by atoms with Gasteiger partial charge in [0.15, 0.2) is 0 Å². The predicted molar refractivity (Wildman–Crippen MR) is 193 cm³/mol. The van der Waals surface area contributed by atoms with Crippen LogP contribution >= 0.6 is 0 Å². The van der Waals surface area contributed by atoms with Gasteiger partial charge in [0.2, 0.25) is 15.9 Å². The highest BCUT2D eigenvalue weighted by atomic mass is 32.2. The lowest BCUT2D eigenvalue weighted by Gasteiger charge is -2.38. The number of aliphatic hydroxyl groups is 2. The number of rotatable bonds is 16. The molecule has 1 aliphatic heterocycles. The maximum Gasteiger partial charge on any atom is 0.321 e. The number of carbonyl (C=O) groups excluding carboxylic acids is 2. The Morgan fingerprint density at radius 1 is 1.00 bits per heavy atom. The Balaban J connectivity index is 1.60. The zero-order valence-corrected chi connectivity index (χ0v) is 30.7. The lowest BCUT2D eigenvalue weighted by atomic mass is 9.84. The van der Waals surface area contributed by atoms with E-state index in [-0.39, 0.29) is 49.5 Å². The van der Waals surface area contributed by atoms with E-state index in [4.69, 9.17) is 5.21 Å². The van der Waals surface area contributed by atoms with Crippen LogP contribution in [-0.4, -0.2) is 105 Å². The van der Waals surface area contributed by atoms with E-state index in [9.17, 15) is 28.2 Å². The number of carbonyl (C=O) groups is 2. The van der Waals surface area contributed by atoms with E-state index in [0.29, 0.717) is 30.0 Å². The minimum atomic E-state index is -4.08. The average molecular weight is 723 g/mol. The topological polar surface area (TPSA) is 176 Å². The summed E-state index contributed by atoms with van der Waals surface area (Å²) in [6, 6.07) is 18.3. The molecule has 51 heavy (non-hydrogen) atoms. The second kappa shape index (κ2) is 17.2. The normalized spacial score (nSPS) is 15.9. The van der Waals surface area contributed by atoms with Crippen molar-refractivity contribution in [1.29, 1.82) is 0 Å². The lowest BCUT2D eigenvalue weighted by Crippen LogP contribution is -2.59. The molecule has 2 aromatic carbocycles. The van der Waals surface area contributed by atoms with E-state index in [1.54, 1.807) is 23.1 Å². The second-order valence-electron chi connectivity index (χ2n) is 14.3. The van der Waals surface area contributed by atoms with Crippen LogP contribution in [-0.2, 0) is 34.4 Å². The van der Waals surface area contributed by atoms with Crippen molar-refractivity contribution in [2.24, 2.45) is 16.5 Å². The summed E-state index contributed by atoms with van der Waals surface area (Å²) in [7, 11) is -4.08. The highest BCUT2D eigenvalue weighted by Gasteiger charge is 2.44. The second-order valence-corrected chi connectivity index (χ2v) is 16.3. The van der Waals surface area contributed by atoms with Gasteiger partial charge in [0.1, 0.15) is 6.04 Å². The molecule has 276 valence electrons. The number of oxime groups is 1. The molecular weight excluding hydrogens is 673 g/mol. The number of urea groups is 1. The van der Waals surface area contributed by atoms with Gasteiger partial charge in [-0.05, 0) is 53.1 Å². The van der Waals surface area contributed by atoms with Gasteiger partial charge < -0.3 is 30.5 Å². The van der Waals surface area contributed by atoms with Gasteiger partial charge in [-0.1, -0.05) is 88.3 Å². The number of nitrogens with one attached hydrogen (secondary N) is 1. The lowest BCUT2D eigenvalue weighted by molar-refractivity contribution is -0.130. The summed E-state index contributed by atoms with van der Waals surface area (Å²) in [6.07, 6.45) is 0.0806. The van der Waals surface area contributed by atoms with E-state index in [0.717, 1.165) is 5.56 Å². The number of amides is 3. The minimum Gasteiger partial charge on any atom is -0.411 e. The molecule has 2 heterocycles. The van der Waals surface area contributed by atoms with Crippen LogP contribution in [0.5, 0.6) is 0 Å². The Morgan fingerprint density at radius 2 is 1.67 bits per heavy atom. The SMILES string of the molecule is CC(C)CN(C[C@@H](O)[C@H](Cc1ccccc1)NC(=O)[C@@H](N1CCN(Cc2cccc(CO)n2)C1=O)C(C)(C)C)S(=O)(=O)c1ccc(C=NO)cc1. The predicted octanol–water partition coefficient (Wildman–Crippen LogP) is 3.47. The smallest absolute Gasteiger partial charge is 0.321 e. The summed E-state index contributed by atoms with van der Waals surface area (Å²) in [5, 5.41) is 36.1. The quantitative estimate of drug-likeness (QED) is 0.0988. The van der Waals surface area contributed by atoms with Crippen molar-refractivity contribution >= 4 is 28.2 Å². The molecule has 0 aliphatic carbocycles. The Bertz CT molecular complexity index is 1750. The number of aliphatic hydroxyl groups excluding tert-OH is 2. The maximum absolute atomic E-state index is 14.3. The third-order valence-corrected chi connectivity index (χ3v) is 10.5. The van der Waals surface area contributed by atoms with Crippen LogP contribution in [0.4, 0.5) is 4.79 Å². The summed E-state index contributed by atoms with van der Waals surface area (Å²) >= 11 is 0. The molecule has 3 atom stereocenters. The zero-order chi connectivity index (χ0) is 37.3. The first kappa shape index (κ1) is 39.4. The van der Waals surface area contributed by atoms with Crippen LogP contribution in [0.2, 0.25) is 0 Å². The van der Waals surface area contributed by atoms with Crippen molar-refractivity contribution in [2.45, 2.75) is 77.3 Å². The molecule has 3 amide bonds. The van der Waals surface area contributed by atoms with Gasteiger partial charge >= 0.3 is 6.03 Å². The van der Waals surface area contributed by atoms with E-state index in [2.05, 4.69) is 15.5 Å².